The lowest BCUT2D eigenvalue weighted by Crippen LogP contribution is -2.02. The highest BCUT2D eigenvalue weighted by Gasteiger charge is 2.32. The first-order valence-corrected chi connectivity index (χ1v) is 48.3. The first-order valence-electron chi connectivity index (χ1n) is 48.3. The molecule has 0 spiro atoms. The normalized spacial score (nSPS) is 12.3. The van der Waals surface area contributed by atoms with Crippen molar-refractivity contribution in [1.82, 2.24) is 0 Å². The molecular formula is C138H78. The fraction of sp³-hybridized carbons (Fsp3) is 0. The molecule has 0 fully saturated rings. The Bertz CT molecular complexity index is 8850. The highest BCUT2D eigenvalue weighted by molar-refractivity contribution is 6.33. The zero-order valence-corrected chi connectivity index (χ0v) is 75.0. The van der Waals surface area contributed by atoms with Crippen LogP contribution >= 0.6 is 0 Å². The van der Waals surface area contributed by atoms with Gasteiger partial charge in [0, 0.05) is 0 Å². The maximum Gasteiger partial charge on any atom is -0.00139 e. The quantitative estimate of drug-likeness (QED) is 0.107. The summed E-state index contributed by atoms with van der Waals surface area (Å²) in [6, 6.07) is 183. The zero-order chi connectivity index (χ0) is 89.8. The van der Waals surface area contributed by atoms with E-state index in [9.17, 15) is 0 Å². The van der Waals surface area contributed by atoms with E-state index in [1.165, 1.54) is 227 Å². The Morgan fingerprint density at radius 1 is 0.0725 bits per heavy atom. The average molecular weight is 1740 g/mol. The SMILES string of the molecule is c1cc2ccc3ccc(-c4ccc(-c5c(-c6ccc(-c7ccc8ccc9cccc%10ccc7c8c9%10)cc6)c(-c6ccc(-c7ccc8ccc9cccc%10ccc7c8c9%10)cc6)c(-c6ccc(-c7ccc8ccc9cccc%10ccc7c8c9%10)cc6)c(-c6ccc(-c7ccc8ccc9cccc%10ccc7c8c9%10)cc6)c5-c5ccc(-c6ccc7ccc8cccc9ccc6c7c89)cc5)cc4)c4ccc(c1)c2c34. The molecule has 0 nitrogen and oxygen atoms in total. The van der Waals surface area contributed by atoms with Gasteiger partial charge in [0.15, 0.2) is 0 Å². The third-order valence-corrected chi connectivity index (χ3v) is 31.6. The van der Waals surface area contributed by atoms with E-state index in [1.54, 1.807) is 0 Å². The van der Waals surface area contributed by atoms with Gasteiger partial charge in [0.05, 0.1) is 0 Å². The van der Waals surface area contributed by atoms with Crippen LogP contribution in [0.5, 0.6) is 0 Å². The van der Waals surface area contributed by atoms with Crippen molar-refractivity contribution in [2.24, 2.45) is 0 Å². The van der Waals surface area contributed by atoms with Crippen LogP contribution in [-0.4, -0.2) is 0 Å². The molecule has 0 atom stereocenters. The van der Waals surface area contributed by atoms with Gasteiger partial charge in [0.1, 0.15) is 0 Å². The van der Waals surface area contributed by atoms with Gasteiger partial charge in [-0.2, -0.15) is 0 Å². The van der Waals surface area contributed by atoms with Crippen molar-refractivity contribution < 1.29 is 0 Å². The summed E-state index contributed by atoms with van der Waals surface area (Å²) in [6.07, 6.45) is 0. The Balaban J connectivity index is 0.716. The monoisotopic (exact) mass is 1730 g/mol. The van der Waals surface area contributed by atoms with Crippen molar-refractivity contribution in [1.29, 1.82) is 0 Å². The van der Waals surface area contributed by atoms with Crippen LogP contribution < -0.4 is 0 Å². The van der Waals surface area contributed by atoms with E-state index in [4.69, 9.17) is 0 Å². The van der Waals surface area contributed by atoms with Crippen LogP contribution in [0.2, 0.25) is 0 Å². The largest absolute Gasteiger partial charge is 0.0610 e. The molecule has 0 aliphatic rings. The Hall–Kier alpha value is -17.9. The van der Waals surface area contributed by atoms with Gasteiger partial charge >= 0.3 is 0 Å². The van der Waals surface area contributed by atoms with E-state index in [1.807, 2.05) is 0 Å². The standard InChI is InChI=1S/C138H78/c1-7-85-43-49-97-55-67-109(115-73-61-91(13-1)121(85)127(97)115)79-19-31-103(32-20-79)133-134(104-33-21-80(22-34-104)110-68-56-98-50-44-86-8-2-14-92-62-74-116(110)128(98)122(86)92)136(106-37-25-82(26-38-106)112-70-58-100-52-46-88-10-4-16-94-64-76-118(112)130(100)124(88)94)138(108-41-29-84(30-42-108)114-72-60-102-54-48-90-12-6-18-96-66-78-120(114)132(102)126(90)96)137(107-39-27-83(28-40-107)113-71-59-101-53-47-89-11-5-17-95-65-77-119(113)131(101)125(89)95)135(133)105-35-23-81(24-36-105)111-69-57-99-51-45-87-9-3-15-93-63-75-117(111)129(99)123(87)93/h1-78H. The summed E-state index contributed by atoms with van der Waals surface area (Å²) in [5.41, 5.74) is 27.5. The van der Waals surface area contributed by atoms with Crippen LogP contribution in [0.15, 0.2) is 473 Å². The Morgan fingerprint density at radius 2 is 0.174 bits per heavy atom. The van der Waals surface area contributed by atoms with Crippen LogP contribution in [0.1, 0.15) is 0 Å². The molecule has 0 heterocycles. The summed E-state index contributed by atoms with van der Waals surface area (Å²) < 4.78 is 0. The molecule has 0 radical (unpaired) electrons. The highest BCUT2D eigenvalue weighted by atomic mass is 14.3. The summed E-state index contributed by atoms with van der Waals surface area (Å²) in [5, 5.41) is 45.7. The summed E-state index contributed by atoms with van der Waals surface area (Å²) in [7, 11) is 0. The summed E-state index contributed by atoms with van der Waals surface area (Å²) in [5.74, 6) is 0. The Kier molecular flexibility index (Phi) is 15.8. The Morgan fingerprint density at radius 3 is 0.304 bits per heavy atom. The molecule has 0 saturated carbocycles. The molecule has 0 saturated heterocycles. The van der Waals surface area contributed by atoms with Crippen LogP contribution in [0, 0.1) is 0 Å². The van der Waals surface area contributed by atoms with Gasteiger partial charge < -0.3 is 0 Å². The Labute approximate surface area is 794 Å². The van der Waals surface area contributed by atoms with Gasteiger partial charge in [0.2, 0.25) is 0 Å². The van der Waals surface area contributed by atoms with E-state index in [2.05, 4.69) is 473 Å². The van der Waals surface area contributed by atoms with Gasteiger partial charge in [-0.1, -0.05) is 473 Å². The van der Waals surface area contributed by atoms with Crippen molar-refractivity contribution in [2.75, 3.05) is 0 Å². The first kappa shape index (κ1) is 75.6. The number of benzene rings is 31. The molecule has 0 aromatic heterocycles. The van der Waals surface area contributed by atoms with Crippen molar-refractivity contribution in [2.45, 2.75) is 0 Å². The summed E-state index contributed by atoms with van der Waals surface area (Å²) in [6.45, 7) is 0. The third kappa shape index (κ3) is 11.0. The van der Waals surface area contributed by atoms with Gasteiger partial charge in [-0.05, 0) is 327 Å². The van der Waals surface area contributed by atoms with E-state index < -0.39 is 0 Å². The first-order chi connectivity index (χ1) is 68.4. The zero-order valence-electron chi connectivity index (χ0n) is 75.0. The maximum absolute atomic E-state index is 2.46. The van der Waals surface area contributed by atoms with E-state index in [0.717, 1.165) is 100 Å². The molecular weight excluding hydrogens is 1660 g/mol. The van der Waals surface area contributed by atoms with Crippen LogP contribution in [0.3, 0.4) is 0 Å². The lowest BCUT2D eigenvalue weighted by Gasteiger charge is -2.29. The molecule has 31 aromatic rings. The van der Waals surface area contributed by atoms with Gasteiger partial charge in [0.25, 0.3) is 0 Å². The maximum atomic E-state index is 2.46. The second-order valence-corrected chi connectivity index (χ2v) is 38.5. The second-order valence-electron chi connectivity index (χ2n) is 38.5. The van der Waals surface area contributed by atoms with E-state index >= 15 is 0 Å². The van der Waals surface area contributed by atoms with Crippen molar-refractivity contribution in [3.8, 4) is 134 Å². The number of hydrogen-bond acceptors (Lipinski definition) is 0. The van der Waals surface area contributed by atoms with Crippen molar-refractivity contribution >= 4 is 194 Å². The fourth-order valence-corrected chi connectivity index (χ4v) is 25.3. The fourth-order valence-electron chi connectivity index (χ4n) is 25.3. The van der Waals surface area contributed by atoms with Gasteiger partial charge in [-0.15, -0.1) is 0 Å². The second kappa shape index (κ2) is 28.8. The lowest BCUT2D eigenvalue weighted by molar-refractivity contribution is 1.51. The smallest absolute Gasteiger partial charge is 0.00139 e. The minimum atomic E-state index is 1.10. The predicted molar refractivity (Wildman–Crippen MR) is 594 cm³/mol. The lowest BCUT2D eigenvalue weighted by atomic mass is 9.73. The number of rotatable bonds is 12. The highest BCUT2D eigenvalue weighted by Crippen LogP contribution is 2.59. The molecule has 0 amide bonds. The molecule has 138 heavy (non-hydrogen) atoms. The van der Waals surface area contributed by atoms with Gasteiger partial charge in [-0.25, -0.2) is 0 Å². The van der Waals surface area contributed by atoms with E-state index in [0.29, 0.717) is 0 Å². The summed E-state index contributed by atoms with van der Waals surface area (Å²) >= 11 is 0. The minimum absolute atomic E-state index is 1.10. The third-order valence-electron chi connectivity index (χ3n) is 31.6. The molecule has 630 valence electrons. The van der Waals surface area contributed by atoms with Crippen LogP contribution in [0.25, 0.3) is 327 Å². The summed E-state index contributed by atoms with van der Waals surface area (Å²) in [4.78, 5) is 0. The van der Waals surface area contributed by atoms with Crippen LogP contribution in [0.4, 0.5) is 0 Å². The molecule has 0 unspecified atom stereocenters. The van der Waals surface area contributed by atoms with E-state index in [-0.39, 0.29) is 0 Å². The molecule has 0 bridgehead atoms. The molecule has 31 rings (SSSR count). The molecule has 0 N–H and O–H groups in total. The topological polar surface area (TPSA) is 0 Å². The molecule has 0 aliphatic carbocycles. The predicted octanol–water partition coefficient (Wildman–Crippen LogP) is 39.1. The molecule has 31 aromatic carbocycles. The minimum Gasteiger partial charge on any atom is -0.0610 e. The molecule has 0 heteroatoms. The van der Waals surface area contributed by atoms with Crippen LogP contribution in [-0.2, 0) is 0 Å². The number of hydrogen-bond donors (Lipinski definition) is 0. The van der Waals surface area contributed by atoms with Gasteiger partial charge in [-0.3, -0.25) is 0 Å². The average Bonchev–Trinajstić information content (AvgIpc) is 0.705. The van der Waals surface area contributed by atoms with Crippen molar-refractivity contribution in [3.63, 3.8) is 0 Å². The van der Waals surface area contributed by atoms with Crippen molar-refractivity contribution in [3.05, 3.63) is 473 Å². The molecule has 0 aliphatic heterocycles.